The number of aromatic nitrogens is 2. The number of hydrogen-bond acceptors (Lipinski definition) is 5. The highest BCUT2D eigenvalue weighted by Crippen LogP contribution is 2.50. The number of piperidine rings is 1. The molecule has 6 heteroatoms. The van der Waals surface area contributed by atoms with Gasteiger partial charge in [0.1, 0.15) is 0 Å². The number of nitrogens with zero attached hydrogens (tertiary/aromatic N) is 4. The van der Waals surface area contributed by atoms with Gasteiger partial charge >= 0.3 is 0 Å². The van der Waals surface area contributed by atoms with Gasteiger partial charge in [-0.2, -0.15) is 16.4 Å². The van der Waals surface area contributed by atoms with E-state index in [1.165, 1.54) is 0 Å². The number of aryl methyl sites for hydroxylation is 1. The van der Waals surface area contributed by atoms with E-state index in [1.807, 2.05) is 52.9 Å². The smallest absolute Gasteiger partial charge is 0.242 e. The number of benzene rings is 1. The van der Waals surface area contributed by atoms with E-state index in [-0.39, 0.29) is 5.91 Å². The molecule has 1 aromatic carbocycles. The number of rotatable bonds is 2. The van der Waals surface area contributed by atoms with E-state index in [9.17, 15) is 4.79 Å². The van der Waals surface area contributed by atoms with Crippen LogP contribution in [0.3, 0.4) is 0 Å². The van der Waals surface area contributed by atoms with Crippen molar-refractivity contribution in [2.75, 3.05) is 22.9 Å². The Kier molecular flexibility index (Phi) is 3.75. The van der Waals surface area contributed by atoms with Gasteiger partial charge in [0, 0.05) is 18.5 Å². The van der Waals surface area contributed by atoms with Gasteiger partial charge < -0.3 is 4.90 Å². The third kappa shape index (κ3) is 2.47. The van der Waals surface area contributed by atoms with Gasteiger partial charge in [-0.1, -0.05) is 18.2 Å². The molecule has 27 heavy (non-hydrogen) atoms. The summed E-state index contributed by atoms with van der Waals surface area (Å²) in [6, 6.07) is 14.3. The van der Waals surface area contributed by atoms with E-state index in [4.69, 9.17) is 0 Å². The minimum Gasteiger partial charge on any atom is -0.355 e. The van der Waals surface area contributed by atoms with Crippen LogP contribution < -0.4 is 9.80 Å². The van der Waals surface area contributed by atoms with Crippen LogP contribution in [0.1, 0.15) is 24.1 Å². The van der Waals surface area contributed by atoms with Crippen LogP contribution in [0.5, 0.6) is 0 Å². The quantitative estimate of drug-likeness (QED) is 0.677. The zero-order valence-corrected chi connectivity index (χ0v) is 15.9. The molecule has 0 aliphatic carbocycles. The second kappa shape index (κ2) is 6.16. The number of fused-ring (bicyclic) bond motifs is 2. The summed E-state index contributed by atoms with van der Waals surface area (Å²) in [5.74, 6) is 1.10. The lowest BCUT2D eigenvalue weighted by molar-refractivity contribution is -0.123. The molecule has 2 aromatic heterocycles. The second-order valence-electron chi connectivity index (χ2n) is 7.24. The van der Waals surface area contributed by atoms with Crippen LogP contribution in [-0.2, 0) is 10.2 Å². The van der Waals surface area contributed by atoms with Crippen molar-refractivity contribution in [1.29, 1.82) is 0 Å². The Morgan fingerprint density at radius 2 is 1.85 bits per heavy atom. The first-order valence-corrected chi connectivity index (χ1v) is 10.1. The lowest BCUT2D eigenvalue weighted by atomic mass is 9.73. The lowest BCUT2D eigenvalue weighted by Crippen LogP contribution is -2.48. The number of hydrogen-bond donors (Lipinski definition) is 0. The maximum absolute atomic E-state index is 13.6. The van der Waals surface area contributed by atoms with E-state index in [2.05, 4.69) is 27.2 Å². The Morgan fingerprint density at radius 3 is 2.56 bits per heavy atom. The average molecular weight is 376 g/mol. The fraction of sp³-hybridized carbons (Fsp3) is 0.286. The average Bonchev–Trinajstić information content (AvgIpc) is 3.30. The number of para-hydroxylation sites is 1. The van der Waals surface area contributed by atoms with E-state index < -0.39 is 5.41 Å². The summed E-state index contributed by atoms with van der Waals surface area (Å²) in [7, 11) is 0. The predicted octanol–water partition coefficient (Wildman–Crippen LogP) is 4.06. The number of thiophene rings is 1. The number of anilines is 3. The molecule has 1 saturated heterocycles. The Morgan fingerprint density at radius 1 is 1.04 bits per heavy atom. The summed E-state index contributed by atoms with van der Waals surface area (Å²) < 4.78 is 0. The molecule has 5 nitrogen and oxygen atoms in total. The predicted molar refractivity (Wildman–Crippen MR) is 108 cm³/mol. The first-order chi connectivity index (χ1) is 13.2. The molecular weight excluding hydrogens is 356 g/mol. The number of carbonyl (C=O) groups excluding carboxylic acids is 1. The summed E-state index contributed by atoms with van der Waals surface area (Å²) in [6.07, 6.45) is 1.58. The minimum absolute atomic E-state index is 0.205. The topological polar surface area (TPSA) is 49.3 Å². The van der Waals surface area contributed by atoms with Crippen LogP contribution in [-0.4, -0.2) is 29.2 Å². The molecule has 0 atom stereocenters. The van der Waals surface area contributed by atoms with E-state index >= 15 is 0 Å². The van der Waals surface area contributed by atoms with Crippen molar-refractivity contribution >= 4 is 34.4 Å². The summed E-state index contributed by atoms with van der Waals surface area (Å²) in [5.41, 5.74) is 3.65. The maximum Gasteiger partial charge on any atom is 0.242 e. The molecule has 136 valence electrons. The minimum atomic E-state index is -0.437. The monoisotopic (exact) mass is 376 g/mol. The van der Waals surface area contributed by atoms with Crippen molar-refractivity contribution in [3.05, 3.63) is 64.5 Å². The van der Waals surface area contributed by atoms with E-state index in [0.717, 1.165) is 54.4 Å². The third-order valence-electron chi connectivity index (χ3n) is 5.76. The van der Waals surface area contributed by atoms with Crippen molar-refractivity contribution in [2.24, 2.45) is 0 Å². The van der Waals surface area contributed by atoms with Gasteiger partial charge in [-0.05, 0) is 55.0 Å². The highest BCUT2D eigenvalue weighted by molar-refractivity contribution is 7.08. The number of carbonyl (C=O) groups is 1. The molecule has 0 saturated carbocycles. The lowest BCUT2D eigenvalue weighted by Gasteiger charge is -2.38. The van der Waals surface area contributed by atoms with Crippen molar-refractivity contribution in [1.82, 2.24) is 10.2 Å². The molecule has 0 unspecified atom stereocenters. The van der Waals surface area contributed by atoms with Crippen LogP contribution in [0, 0.1) is 6.92 Å². The molecular formula is C21H20N4OS. The Hall–Kier alpha value is -2.73. The fourth-order valence-electron chi connectivity index (χ4n) is 4.31. The molecule has 0 bridgehead atoms. The zero-order chi connectivity index (χ0) is 18.4. The fourth-order valence-corrected chi connectivity index (χ4v) is 4.93. The molecule has 0 N–H and O–H groups in total. The normalized spacial score (nSPS) is 18.2. The van der Waals surface area contributed by atoms with E-state index in [1.54, 1.807) is 11.3 Å². The molecule has 2 aliphatic heterocycles. The summed E-state index contributed by atoms with van der Waals surface area (Å²) in [6.45, 7) is 3.54. The van der Waals surface area contributed by atoms with Gasteiger partial charge in [0.2, 0.25) is 5.91 Å². The first-order valence-electron chi connectivity index (χ1n) is 9.21. The van der Waals surface area contributed by atoms with E-state index in [0.29, 0.717) is 0 Å². The Balaban J connectivity index is 1.48. The molecule has 3 aromatic rings. The number of amides is 1. The maximum atomic E-state index is 13.6. The first kappa shape index (κ1) is 16.4. The molecule has 2 aliphatic rings. The third-order valence-corrected chi connectivity index (χ3v) is 6.43. The van der Waals surface area contributed by atoms with Gasteiger partial charge in [-0.25, -0.2) is 0 Å². The van der Waals surface area contributed by atoms with Crippen LogP contribution in [0.15, 0.2) is 53.2 Å². The molecule has 5 rings (SSSR count). The van der Waals surface area contributed by atoms with Crippen LogP contribution in [0.4, 0.5) is 17.2 Å². The molecule has 1 spiro atoms. The molecule has 4 heterocycles. The van der Waals surface area contributed by atoms with Gasteiger partial charge in [-0.15, -0.1) is 5.10 Å². The van der Waals surface area contributed by atoms with Crippen molar-refractivity contribution in [2.45, 2.75) is 25.2 Å². The van der Waals surface area contributed by atoms with Gasteiger partial charge in [0.25, 0.3) is 0 Å². The molecule has 1 amide bonds. The van der Waals surface area contributed by atoms with Crippen molar-refractivity contribution in [3.8, 4) is 0 Å². The Bertz CT molecular complexity index is 976. The highest BCUT2D eigenvalue weighted by atomic mass is 32.1. The highest BCUT2D eigenvalue weighted by Gasteiger charge is 2.52. The second-order valence-corrected chi connectivity index (χ2v) is 8.02. The van der Waals surface area contributed by atoms with Crippen molar-refractivity contribution < 1.29 is 4.79 Å². The summed E-state index contributed by atoms with van der Waals surface area (Å²) in [4.78, 5) is 17.8. The van der Waals surface area contributed by atoms with Gasteiger partial charge in [0.15, 0.2) is 5.82 Å². The van der Waals surface area contributed by atoms with Gasteiger partial charge in [-0.3, -0.25) is 9.69 Å². The SMILES string of the molecule is Cc1ccc(N2CCC3(CC2)C(=O)N(c2ccsc2)c2ccccc23)nn1. The van der Waals surface area contributed by atoms with Crippen LogP contribution >= 0.6 is 11.3 Å². The van der Waals surface area contributed by atoms with Crippen LogP contribution in [0.25, 0.3) is 0 Å². The standard InChI is InChI=1S/C21H20N4OS/c1-15-6-7-19(23-22-15)24-11-9-21(10-12-24)17-4-2-3-5-18(17)25(20(21)26)16-8-13-27-14-16/h2-8,13-14H,9-12H2,1H3. The largest absolute Gasteiger partial charge is 0.355 e. The zero-order valence-electron chi connectivity index (χ0n) is 15.1. The summed E-state index contributed by atoms with van der Waals surface area (Å²) in [5, 5.41) is 12.6. The molecule has 1 fully saturated rings. The van der Waals surface area contributed by atoms with Crippen LogP contribution in [0.2, 0.25) is 0 Å². The summed E-state index contributed by atoms with van der Waals surface area (Å²) >= 11 is 1.62. The van der Waals surface area contributed by atoms with Gasteiger partial charge in [0.05, 0.1) is 22.5 Å². The van der Waals surface area contributed by atoms with Crippen molar-refractivity contribution in [3.63, 3.8) is 0 Å². The Labute approximate surface area is 162 Å². The molecule has 0 radical (unpaired) electrons.